The first-order valence-electron chi connectivity index (χ1n) is 5.62. The molecule has 78 valence electrons. The Labute approximate surface area is 85.1 Å². The lowest BCUT2D eigenvalue weighted by Crippen LogP contribution is -2.20. The van der Waals surface area contributed by atoms with Crippen molar-refractivity contribution in [1.82, 2.24) is 0 Å². The van der Waals surface area contributed by atoms with Crippen molar-refractivity contribution in [1.29, 1.82) is 0 Å². The molecule has 1 atom stereocenters. The standard InChI is InChI=1S/C13H27/c1-8-13(6,7)9-11(4)12(5)10(2)3/h10,12H,8-9H2,1-7H3/q+1. The molecule has 0 aliphatic heterocycles. The highest BCUT2D eigenvalue weighted by atomic mass is 14.3. The smallest absolute Gasteiger partial charge is 0.0647 e. The summed E-state index contributed by atoms with van der Waals surface area (Å²) in [4.78, 5) is 0. The molecule has 0 fully saturated rings. The second kappa shape index (κ2) is 4.93. The molecule has 0 nitrogen and oxygen atoms in total. The van der Waals surface area contributed by atoms with Crippen molar-refractivity contribution in [3.05, 3.63) is 5.92 Å². The first-order chi connectivity index (χ1) is 5.80. The Morgan fingerprint density at radius 2 is 1.62 bits per heavy atom. The summed E-state index contributed by atoms with van der Waals surface area (Å²) in [5.41, 5.74) is 0.493. The average Bonchev–Trinajstić information content (AvgIpc) is 2.02. The van der Waals surface area contributed by atoms with Gasteiger partial charge in [-0.3, -0.25) is 0 Å². The zero-order chi connectivity index (χ0) is 10.6. The highest BCUT2D eigenvalue weighted by molar-refractivity contribution is 4.95. The highest BCUT2D eigenvalue weighted by Gasteiger charge is 2.32. The molecule has 0 aliphatic rings. The van der Waals surface area contributed by atoms with E-state index in [1.165, 1.54) is 12.8 Å². The molecule has 0 aromatic carbocycles. The maximum absolute atomic E-state index is 2.36. The van der Waals surface area contributed by atoms with Crippen molar-refractivity contribution in [2.75, 3.05) is 0 Å². The molecule has 0 bridgehead atoms. The molecule has 0 aromatic rings. The summed E-state index contributed by atoms with van der Waals surface area (Å²) >= 11 is 0. The number of hydrogen-bond acceptors (Lipinski definition) is 0. The van der Waals surface area contributed by atoms with E-state index in [1.807, 2.05) is 0 Å². The first kappa shape index (κ1) is 12.9. The Kier molecular flexibility index (Phi) is 4.88. The largest absolute Gasteiger partial charge is 0.0994 e. The molecule has 0 saturated heterocycles. The highest BCUT2D eigenvalue weighted by Crippen LogP contribution is 2.35. The van der Waals surface area contributed by atoms with Crippen LogP contribution in [0.15, 0.2) is 0 Å². The van der Waals surface area contributed by atoms with E-state index in [0.29, 0.717) is 5.41 Å². The number of hydrogen-bond donors (Lipinski definition) is 0. The van der Waals surface area contributed by atoms with E-state index in [1.54, 1.807) is 5.92 Å². The minimum Gasteiger partial charge on any atom is -0.0647 e. The van der Waals surface area contributed by atoms with Gasteiger partial charge in [0.25, 0.3) is 0 Å². The van der Waals surface area contributed by atoms with Crippen molar-refractivity contribution in [2.24, 2.45) is 17.3 Å². The van der Waals surface area contributed by atoms with Crippen molar-refractivity contribution >= 4 is 0 Å². The fourth-order valence-corrected chi connectivity index (χ4v) is 1.61. The zero-order valence-electron chi connectivity index (χ0n) is 10.6. The minimum atomic E-state index is 0.493. The second-order valence-corrected chi connectivity index (χ2v) is 5.57. The topological polar surface area (TPSA) is 0 Å². The molecule has 13 heavy (non-hydrogen) atoms. The summed E-state index contributed by atoms with van der Waals surface area (Å²) in [5, 5.41) is 0. The van der Waals surface area contributed by atoms with E-state index in [0.717, 1.165) is 11.8 Å². The summed E-state index contributed by atoms with van der Waals surface area (Å²) < 4.78 is 0. The summed E-state index contributed by atoms with van der Waals surface area (Å²) in [7, 11) is 0. The van der Waals surface area contributed by atoms with Crippen LogP contribution in [-0.4, -0.2) is 0 Å². The van der Waals surface area contributed by atoms with Crippen molar-refractivity contribution in [2.45, 2.75) is 61.3 Å². The Balaban J connectivity index is 4.06. The van der Waals surface area contributed by atoms with Gasteiger partial charge in [0.1, 0.15) is 0 Å². The van der Waals surface area contributed by atoms with Crippen LogP contribution >= 0.6 is 0 Å². The zero-order valence-corrected chi connectivity index (χ0v) is 10.6. The Hall–Kier alpha value is -0.130. The van der Waals surface area contributed by atoms with Gasteiger partial charge in [-0.2, -0.15) is 0 Å². The van der Waals surface area contributed by atoms with Gasteiger partial charge >= 0.3 is 0 Å². The molecule has 0 radical (unpaired) electrons. The van der Waals surface area contributed by atoms with Crippen molar-refractivity contribution in [3.8, 4) is 0 Å². The maximum atomic E-state index is 2.36. The molecule has 0 aromatic heterocycles. The van der Waals surface area contributed by atoms with E-state index < -0.39 is 0 Å². The third kappa shape index (κ3) is 4.59. The van der Waals surface area contributed by atoms with Crippen LogP contribution < -0.4 is 0 Å². The van der Waals surface area contributed by atoms with Gasteiger partial charge in [0, 0.05) is 5.41 Å². The van der Waals surface area contributed by atoms with Gasteiger partial charge in [0.2, 0.25) is 0 Å². The SMILES string of the molecule is CCC(C)(C)C[C+](C)C(C)C(C)C. The van der Waals surface area contributed by atoms with E-state index >= 15 is 0 Å². The van der Waals surface area contributed by atoms with Gasteiger partial charge < -0.3 is 0 Å². The van der Waals surface area contributed by atoms with Crippen LogP contribution in [0.3, 0.4) is 0 Å². The van der Waals surface area contributed by atoms with E-state index in [2.05, 4.69) is 48.5 Å². The summed E-state index contributed by atoms with van der Waals surface area (Å²) in [6, 6.07) is 0. The van der Waals surface area contributed by atoms with Gasteiger partial charge in [-0.25, -0.2) is 0 Å². The lowest BCUT2D eigenvalue weighted by Gasteiger charge is -2.24. The fourth-order valence-electron chi connectivity index (χ4n) is 1.61. The third-order valence-corrected chi connectivity index (χ3v) is 3.49. The quantitative estimate of drug-likeness (QED) is 0.542. The lowest BCUT2D eigenvalue weighted by atomic mass is 9.74. The van der Waals surface area contributed by atoms with Crippen LogP contribution in [0.25, 0.3) is 0 Å². The Bertz CT molecular complexity index is 133. The third-order valence-electron chi connectivity index (χ3n) is 3.49. The fraction of sp³-hybridized carbons (Fsp3) is 0.923. The molecule has 0 saturated carbocycles. The molecule has 1 unspecified atom stereocenters. The van der Waals surface area contributed by atoms with Crippen LogP contribution in [0.1, 0.15) is 61.3 Å². The summed E-state index contributed by atoms with van der Waals surface area (Å²) in [5.74, 6) is 3.22. The molecular weight excluding hydrogens is 156 g/mol. The molecular formula is C13H27+. The van der Waals surface area contributed by atoms with E-state index in [-0.39, 0.29) is 0 Å². The molecule has 0 heterocycles. The predicted molar refractivity (Wildman–Crippen MR) is 61.6 cm³/mol. The van der Waals surface area contributed by atoms with Crippen LogP contribution in [0.5, 0.6) is 0 Å². The van der Waals surface area contributed by atoms with Crippen molar-refractivity contribution < 1.29 is 0 Å². The molecule has 0 N–H and O–H groups in total. The normalized spacial score (nSPS) is 14.8. The Morgan fingerprint density at radius 3 is 1.92 bits per heavy atom. The van der Waals surface area contributed by atoms with Crippen molar-refractivity contribution in [3.63, 3.8) is 0 Å². The van der Waals surface area contributed by atoms with Crippen LogP contribution in [0.2, 0.25) is 0 Å². The van der Waals surface area contributed by atoms with E-state index in [9.17, 15) is 0 Å². The van der Waals surface area contributed by atoms with E-state index in [4.69, 9.17) is 0 Å². The molecule has 0 rings (SSSR count). The first-order valence-corrected chi connectivity index (χ1v) is 5.62. The molecule has 0 aliphatic carbocycles. The minimum absolute atomic E-state index is 0.493. The summed E-state index contributed by atoms with van der Waals surface area (Å²) in [6.45, 7) is 16.3. The lowest BCUT2D eigenvalue weighted by molar-refractivity contribution is 0.291. The van der Waals surface area contributed by atoms with Gasteiger partial charge in [-0.1, -0.05) is 34.6 Å². The van der Waals surface area contributed by atoms with Gasteiger partial charge in [-0.05, 0) is 19.3 Å². The number of rotatable bonds is 5. The van der Waals surface area contributed by atoms with Gasteiger partial charge in [0.05, 0.1) is 25.2 Å². The predicted octanol–water partition coefficient (Wildman–Crippen LogP) is 4.70. The van der Waals surface area contributed by atoms with Crippen LogP contribution in [-0.2, 0) is 0 Å². The molecule has 0 amide bonds. The average molecular weight is 183 g/mol. The maximum Gasteiger partial charge on any atom is 0.0994 e. The second-order valence-electron chi connectivity index (χ2n) is 5.57. The Morgan fingerprint density at radius 1 is 1.15 bits per heavy atom. The molecule has 0 spiro atoms. The van der Waals surface area contributed by atoms with Gasteiger partial charge in [-0.15, -0.1) is 0 Å². The monoisotopic (exact) mass is 183 g/mol. The van der Waals surface area contributed by atoms with Gasteiger partial charge in [0.15, 0.2) is 0 Å². The summed E-state index contributed by atoms with van der Waals surface area (Å²) in [6.07, 6.45) is 2.55. The molecule has 0 heteroatoms. The van der Waals surface area contributed by atoms with Crippen LogP contribution in [0.4, 0.5) is 0 Å². The van der Waals surface area contributed by atoms with Crippen LogP contribution in [0, 0.1) is 23.2 Å².